The zero-order chi connectivity index (χ0) is 4.12. The third-order valence-electron chi connectivity index (χ3n) is 0.206. The first-order valence-corrected chi connectivity index (χ1v) is 2.15. The number of rotatable bonds is 2. The number of halogens is 1. The second-order valence-corrected chi connectivity index (χ2v) is 1.17. The van der Waals surface area contributed by atoms with Crippen molar-refractivity contribution < 1.29 is 5.11 Å². The Morgan fingerprint density at radius 1 is 1.80 bits per heavy atom. The van der Waals surface area contributed by atoms with Crippen molar-refractivity contribution in [2.45, 2.75) is 0 Å². The third-order valence-corrected chi connectivity index (χ3v) is 0.603. The second kappa shape index (κ2) is 4.40. The Labute approximate surface area is 39.5 Å². The predicted octanol–water partition coefficient (Wildman–Crippen LogP) is -0.122. The SMILES string of the molecule is OCCNBr. The molecule has 0 radical (unpaired) electrons. The van der Waals surface area contributed by atoms with Crippen LogP contribution >= 0.6 is 16.1 Å². The summed E-state index contributed by atoms with van der Waals surface area (Å²) in [7, 11) is 0. The molecule has 0 unspecified atom stereocenters. The van der Waals surface area contributed by atoms with Crippen molar-refractivity contribution in [3.8, 4) is 0 Å². The van der Waals surface area contributed by atoms with Gasteiger partial charge < -0.3 is 5.11 Å². The van der Waals surface area contributed by atoms with Crippen molar-refractivity contribution in [3.05, 3.63) is 0 Å². The second-order valence-electron chi connectivity index (χ2n) is 0.607. The topological polar surface area (TPSA) is 32.3 Å². The molecular weight excluding hydrogens is 134 g/mol. The molecule has 32 valence electrons. The molecule has 0 rings (SSSR count). The molecule has 0 fully saturated rings. The molecule has 0 bridgehead atoms. The van der Waals surface area contributed by atoms with Gasteiger partial charge in [-0.05, 0) is 0 Å². The average Bonchev–Trinajstić information content (AvgIpc) is 1.41. The largest absolute Gasteiger partial charge is 0.395 e. The summed E-state index contributed by atoms with van der Waals surface area (Å²) in [6.45, 7) is 0.797. The molecule has 0 aromatic carbocycles. The van der Waals surface area contributed by atoms with E-state index in [2.05, 4.69) is 20.5 Å². The molecule has 0 saturated carbocycles. The Morgan fingerprint density at radius 3 is 2.40 bits per heavy atom. The lowest BCUT2D eigenvalue weighted by atomic mass is 10.8. The molecule has 0 aliphatic heterocycles. The van der Waals surface area contributed by atoms with Gasteiger partial charge in [-0.15, -0.1) is 0 Å². The molecule has 0 aliphatic rings. The highest BCUT2D eigenvalue weighted by Crippen LogP contribution is 1.60. The third kappa shape index (κ3) is 4.40. The van der Waals surface area contributed by atoms with Crippen molar-refractivity contribution in [1.29, 1.82) is 0 Å². The molecule has 0 atom stereocenters. The summed E-state index contributed by atoms with van der Waals surface area (Å²) in [5, 5.41) is 7.97. The highest BCUT2D eigenvalue weighted by Gasteiger charge is 1.67. The van der Waals surface area contributed by atoms with E-state index in [4.69, 9.17) is 5.11 Å². The van der Waals surface area contributed by atoms with Gasteiger partial charge in [0, 0.05) is 22.7 Å². The number of nitrogens with one attached hydrogen (secondary N) is 1. The first kappa shape index (κ1) is 5.40. The van der Waals surface area contributed by atoms with E-state index >= 15 is 0 Å². The quantitative estimate of drug-likeness (QED) is 0.524. The molecule has 5 heavy (non-hydrogen) atoms. The minimum absolute atomic E-state index is 0.186. The van der Waals surface area contributed by atoms with Crippen LogP contribution < -0.4 is 4.34 Å². The van der Waals surface area contributed by atoms with Gasteiger partial charge in [-0.25, -0.2) is 0 Å². The minimum Gasteiger partial charge on any atom is -0.395 e. The van der Waals surface area contributed by atoms with E-state index in [9.17, 15) is 0 Å². The lowest BCUT2D eigenvalue weighted by molar-refractivity contribution is 0.303. The van der Waals surface area contributed by atoms with E-state index in [-0.39, 0.29) is 6.61 Å². The maximum atomic E-state index is 7.97. The lowest BCUT2D eigenvalue weighted by Gasteiger charge is -1.81. The Kier molecular flexibility index (Phi) is 4.75. The molecule has 0 saturated heterocycles. The van der Waals surface area contributed by atoms with Crippen LogP contribution in [0.4, 0.5) is 0 Å². The minimum atomic E-state index is 0.186. The summed E-state index contributed by atoms with van der Waals surface area (Å²) in [4.78, 5) is 0. The van der Waals surface area contributed by atoms with Crippen molar-refractivity contribution in [2.24, 2.45) is 0 Å². The molecule has 0 spiro atoms. The van der Waals surface area contributed by atoms with Crippen LogP contribution in [0.3, 0.4) is 0 Å². The van der Waals surface area contributed by atoms with E-state index in [1.807, 2.05) is 0 Å². The Morgan fingerprint density at radius 2 is 2.40 bits per heavy atom. The van der Waals surface area contributed by atoms with Gasteiger partial charge in [0.1, 0.15) is 0 Å². The highest BCUT2D eigenvalue weighted by molar-refractivity contribution is 9.08. The van der Waals surface area contributed by atoms with Crippen molar-refractivity contribution >= 4 is 16.1 Å². The molecule has 0 amide bonds. The highest BCUT2D eigenvalue weighted by atomic mass is 79.9. The fourth-order valence-electron chi connectivity index (χ4n) is 0.0423. The predicted molar refractivity (Wildman–Crippen MR) is 24.0 cm³/mol. The summed E-state index contributed by atoms with van der Waals surface area (Å²) < 4.78 is 2.58. The van der Waals surface area contributed by atoms with Gasteiger partial charge in [0.15, 0.2) is 0 Å². The van der Waals surface area contributed by atoms with Crippen molar-refractivity contribution in [2.75, 3.05) is 13.2 Å². The van der Waals surface area contributed by atoms with Crippen LogP contribution in [0.1, 0.15) is 0 Å². The lowest BCUT2D eigenvalue weighted by Crippen LogP contribution is -2.03. The van der Waals surface area contributed by atoms with Gasteiger partial charge in [-0.2, -0.15) is 0 Å². The van der Waals surface area contributed by atoms with Crippen LogP contribution in [0.2, 0.25) is 0 Å². The van der Waals surface area contributed by atoms with Gasteiger partial charge >= 0.3 is 0 Å². The molecule has 0 heterocycles. The van der Waals surface area contributed by atoms with Crippen LogP contribution in [0, 0.1) is 0 Å². The van der Waals surface area contributed by atoms with Crippen LogP contribution in [0.25, 0.3) is 0 Å². The Hall–Kier alpha value is 0.400. The van der Waals surface area contributed by atoms with Gasteiger partial charge in [-0.1, -0.05) is 0 Å². The van der Waals surface area contributed by atoms with E-state index in [0.717, 1.165) is 0 Å². The number of hydrogen-bond donors (Lipinski definition) is 2. The van der Waals surface area contributed by atoms with Gasteiger partial charge in [0.05, 0.1) is 6.61 Å². The molecule has 0 aromatic rings. The molecule has 3 heteroatoms. The standard InChI is InChI=1S/C2H6BrNO/c3-4-1-2-5/h4-5H,1-2H2. The van der Waals surface area contributed by atoms with Crippen LogP contribution in [0.5, 0.6) is 0 Å². The number of aliphatic hydroxyl groups excluding tert-OH is 1. The number of aliphatic hydroxyl groups is 1. The molecular formula is C2H6BrNO. The van der Waals surface area contributed by atoms with Crippen LogP contribution in [-0.4, -0.2) is 18.3 Å². The normalized spacial score (nSPS) is 8.40. The molecule has 2 nitrogen and oxygen atoms in total. The van der Waals surface area contributed by atoms with Gasteiger partial charge in [0.2, 0.25) is 0 Å². The fraction of sp³-hybridized carbons (Fsp3) is 1.00. The molecule has 2 N–H and O–H groups in total. The zero-order valence-electron chi connectivity index (χ0n) is 2.74. The van der Waals surface area contributed by atoms with E-state index in [0.29, 0.717) is 6.54 Å². The van der Waals surface area contributed by atoms with Crippen LogP contribution in [-0.2, 0) is 0 Å². The average molecular weight is 140 g/mol. The Balaban J connectivity index is 2.19. The maximum absolute atomic E-state index is 7.97. The summed E-state index contributed by atoms with van der Waals surface area (Å²) in [6, 6.07) is 0. The summed E-state index contributed by atoms with van der Waals surface area (Å²) in [5.41, 5.74) is 0. The zero-order valence-corrected chi connectivity index (χ0v) is 4.33. The summed E-state index contributed by atoms with van der Waals surface area (Å²) >= 11 is 2.90. The summed E-state index contributed by atoms with van der Waals surface area (Å²) in [5.74, 6) is 0. The molecule has 0 aliphatic carbocycles. The van der Waals surface area contributed by atoms with Crippen LogP contribution in [0.15, 0.2) is 0 Å². The monoisotopic (exact) mass is 139 g/mol. The maximum Gasteiger partial charge on any atom is 0.0565 e. The first-order valence-electron chi connectivity index (χ1n) is 1.36. The van der Waals surface area contributed by atoms with E-state index in [1.54, 1.807) is 0 Å². The van der Waals surface area contributed by atoms with Crippen molar-refractivity contribution in [1.82, 2.24) is 4.34 Å². The van der Waals surface area contributed by atoms with E-state index < -0.39 is 0 Å². The summed E-state index contributed by atoms with van der Waals surface area (Å²) in [6.07, 6.45) is 0. The van der Waals surface area contributed by atoms with E-state index in [1.165, 1.54) is 0 Å². The molecule has 0 aromatic heterocycles. The number of hydrogen-bond acceptors (Lipinski definition) is 2. The fourth-order valence-corrected chi connectivity index (χ4v) is 0.220. The van der Waals surface area contributed by atoms with Gasteiger partial charge in [0.25, 0.3) is 0 Å². The van der Waals surface area contributed by atoms with Crippen molar-refractivity contribution in [3.63, 3.8) is 0 Å². The first-order chi connectivity index (χ1) is 2.41. The Bertz CT molecular complexity index is 17.1. The van der Waals surface area contributed by atoms with Gasteiger partial charge in [-0.3, -0.25) is 4.34 Å². The smallest absolute Gasteiger partial charge is 0.0565 e.